The Labute approximate surface area is 117 Å². The first kappa shape index (κ1) is 14.4. The van der Waals surface area contributed by atoms with Gasteiger partial charge in [-0.15, -0.1) is 11.3 Å². The summed E-state index contributed by atoms with van der Waals surface area (Å²) in [6, 6.07) is 3.79. The quantitative estimate of drug-likeness (QED) is 0.870. The number of nitrogens with two attached hydrogens (primary N) is 1. The average molecular weight is 303 g/mol. The van der Waals surface area contributed by atoms with Crippen molar-refractivity contribution in [1.29, 1.82) is 0 Å². The summed E-state index contributed by atoms with van der Waals surface area (Å²) >= 11 is 1.49. The number of carbonyl (C=O) groups excluding carboxylic acids is 1. The van der Waals surface area contributed by atoms with E-state index >= 15 is 0 Å². The van der Waals surface area contributed by atoms with Crippen LogP contribution in [0, 0.1) is 0 Å². The second-order valence-corrected chi connectivity index (χ2v) is 7.07. The third kappa shape index (κ3) is 3.33. The third-order valence-corrected chi connectivity index (χ3v) is 5.41. The Balaban J connectivity index is 1.99. The van der Waals surface area contributed by atoms with Crippen LogP contribution < -0.4 is 5.14 Å². The van der Waals surface area contributed by atoms with Crippen LogP contribution in [-0.2, 0) is 16.6 Å². The molecule has 2 heterocycles. The molecule has 0 saturated carbocycles. The molecule has 0 aromatic carbocycles. The van der Waals surface area contributed by atoms with E-state index in [-0.39, 0.29) is 19.0 Å². The summed E-state index contributed by atoms with van der Waals surface area (Å²) in [4.78, 5) is 15.8. The van der Waals surface area contributed by atoms with E-state index in [9.17, 15) is 13.2 Å². The minimum atomic E-state index is -3.64. The van der Waals surface area contributed by atoms with Crippen LogP contribution in [0.25, 0.3) is 0 Å². The third-order valence-electron chi connectivity index (χ3n) is 3.11. The predicted molar refractivity (Wildman–Crippen MR) is 74.3 cm³/mol. The van der Waals surface area contributed by atoms with Crippen LogP contribution in [0.1, 0.15) is 21.5 Å². The Kier molecular flexibility index (Phi) is 4.24. The van der Waals surface area contributed by atoms with Crippen molar-refractivity contribution in [1.82, 2.24) is 9.21 Å². The van der Waals surface area contributed by atoms with Gasteiger partial charge in [0.1, 0.15) is 0 Å². The molecule has 0 atom stereocenters. The minimum absolute atomic E-state index is 0.0289. The molecule has 0 spiro atoms. The number of thiophene rings is 1. The Morgan fingerprint density at radius 2 is 1.95 bits per heavy atom. The molecular formula is C11H17N3O3S2. The Bertz CT molecular complexity index is 559. The van der Waals surface area contributed by atoms with Gasteiger partial charge in [-0.25, -0.2) is 5.14 Å². The molecule has 19 heavy (non-hydrogen) atoms. The van der Waals surface area contributed by atoms with Gasteiger partial charge in [-0.05, 0) is 18.6 Å². The zero-order valence-corrected chi connectivity index (χ0v) is 12.3. The maximum atomic E-state index is 12.2. The summed E-state index contributed by atoms with van der Waals surface area (Å²) in [7, 11) is -3.64. The highest BCUT2D eigenvalue weighted by atomic mass is 32.2. The second-order valence-electron chi connectivity index (χ2n) is 4.36. The molecule has 1 aliphatic heterocycles. The van der Waals surface area contributed by atoms with Crippen molar-refractivity contribution in [3.63, 3.8) is 0 Å². The van der Waals surface area contributed by atoms with Crippen LogP contribution in [0.2, 0.25) is 0 Å². The minimum Gasteiger partial charge on any atom is -0.335 e. The molecule has 0 unspecified atom stereocenters. The number of amides is 1. The highest BCUT2D eigenvalue weighted by Crippen LogP contribution is 2.19. The topological polar surface area (TPSA) is 83.7 Å². The molecule has 1 aromatic rings. The van der Waals surface area contributed by atoms with Crippen molar-refractivity contribution in [2.75, 3.05) is 26.2 Å². The van der Waals surface area contributed by atoms with Crippen molar-refractivity contribution in [2.24, 2.45) is 5.14 Å². The van der Waals surface area contributed by atoms with Crippen LogP contribution in [0.5, 0.6) is 0 Å². The van der Waals surface area contributed by atoms with Gasteiger partial charge in [0.05, 0.1) is 4.88 Å². The maximum Gasteiger partial charge on any atom is 0.277 e. The summed E-state index contributed by atoms with van der Waals surface area (Å²) in [6.07, 6.45) is 0.914. The smallest absolute Gasteiger partial charge is 0.277 e. The lowest BCUT2D eigenvalue weighted by Gasteiger charge is -2.32. The van der Waals surface area contributed by atoms with Gasteiger partial charge < -0.3 is 4.90 Å². The molecular weight excluding hydrogens is 286 g/mol. The zero-order chi connectivity index (χ0) is 14.0. The SMILES string of the molecule is CCc1ccc(C(=O)N2CCN(S(N)(=O)=O)CC2)s1. The molecule has 1 saturated heterocycles. The van der Waals surface area contributed by atoms with Crippen molar-refractivity contribution in [3.8, 4) is 0 Å². The van der Waals surface area contributed by atoms with Crippen molar-refractivity contribution < 1.29 is 13.2 Å². The standard InChI is InChI=1S/C11H17N3O3S2/c1-2-9-3-4-10(18-9)11(15)13-5-7-14(8-6-13)19(12,16)17/h3-4H,2,5-8H2,1H3,(H2,12,16,17). The van der Waals surface area contributed by atoms with E-state index in [4.69, 9.17) is 5.14 Å². The summed E-state index contributed by atoms with van der Waals surface area (Å²) < 4.78 is 23.6. The van der Waals surface area contributed by atoms with E-state index in [1.807, 2.05) is 19.1 Å². The normalized spacial score (nSPS) is 17.7. The van der Waals surface area contributed by atoms with Crippen LogP contribution in [0.3, 0.4) is 0 Å². The second kappa shape index (κ2) is 5.58. The largest absolute Gasteiger partial charge is 0.335 e. The Morgan fingerprint density at radius 3 is 2.42 bits per heavy atom. The lowest BCUT2D eigenvalue weighted by Crippen LogP contribution is -2.52. The van der Waals surface area contributed by atoms with Crippen LogP contribution in [0.4, 0.5) is 0 Å². The van der Waals surface area contributed by atoms with Gasteiger partial charge in [-0.3, -0.25) is 4.79 Å². The molecule has 6 nitrogen and oxygen atoms in total. The Hall–Kier alpha value is -0.960. The lowest BCUT2D eigenvalue weighted by molar-refractivity contribution is 0.0703. The maximum absolute atomic E-state index is 12.2. The van der Waals surface area contributed by atoms with Crippen LogP contribution in [0.15, 0.2) is 12.1 Å². The molecule has 0 bridgehead atoms. The highest BCUT2D eigenvalue weighted by Gasteiger charge is 2.27. The average Bonchev–Trinajstić information content (AvgIpc) is 2.86. The fourth-order valence-electron chi connectivity index (χ4n) is 1.98. The van der Waals surface area contributed by atoms with E-state index < -0.39 is 10.2 Å². The number of hydrogen-bond donors (Lipinski definition) is 1. The molecule has 106 valence electrons. The number of aryl methyl sites for hydroxylation is 1. The van der Waals surface area contributed by atoms with Gasteiger partial charge in [0, 0.05) is 31.1 Å². The Morgan fingerprint density at radius 1 is 1.32 bits per heavy atom. The summed E-state index contributed by atoms with van der Waals surface area (Å²) in [5.41, 5.74) is 0. The van der Waals surface area contributed by atoms with Crippen LogP contribution in [-0.4, -0.2) is 49.7 Å². The van der Waals surface area contributed by atoms with E-state index in [2.05, 4.69) is 0 Å². The van der Waals surface area contributed by atoms with E-state index in [1.54, 1.807) is 4.90 Å². The fourth-order valence-corrected chi connectivity index (χ4v) is 3.57. The van der Waals surface area contributed by atoms with E-state index in [0.717, 1.165) is 6.42 Å². The molecule has 0 radical (unpaired) electrons. The van der Waals surface area contributed by atoms with Gasteiger partial charge in [0.15, 0.2) is 0 Å². The number of piperazine rings is 1. The molecule has 1 aliphatic rings. The number of hydrogen-bond acceptors (Lipinski definition) is 4. The van der Waals surface area contributed by atoms with Crippen molar-refractivity contribution in [3.05, 3.63) is 21.9 Å². The highest BCUT2D eigenvalue weighted by molar-refractivity contribution is 7.86. The van der Waals surface area contributed by atoms with Crippen LogP contribution >= 0.6 is 11.3 Å². The van der Waals surface area contributed by atoms with Gasteiger partial charge in [-0.1, -0.05) is 6.92 Å². The van der Waals surface area contributed by atoms with Crippen molar-refractivity contribution in [2.45, 2.75) is 13.3 Å². The first-order chi connectivity index (χ1) is 8.91. The first-order valence-corrected chi connectivity index (χ1v) is 8.39. The number of rotatable bonds is 3. The van der Waals surface area contributed by atoms with Gasteiger partial charge in [0.2, 0.25) is 0 Å². The predicted octanol–water partition coefficient (Wildman–Crippen LogP) is 0.272. The number of carbonyl (C=O) groups is 1. The summed E-state index contributed by atoms with van der Waals surface area (Å²) in [5, 5.41) is 5.06. The van der Waals surface area contributed by atoms with E-state index in [1.165, 1.54) is 20.5 Å². The van der Waals surface area contributed by atoms with Gasteiger partial charge in [-0.2, -0.15) is 12.7 Å². The zero-order valence-electron chi connectivity index (χ0n) is 10.7. The fraction of sp³-hybridized carbons (Fsp3) is 0.545. The molecule has 2 N–H and O–H groups in total. The summed E-state index contributed by atoms with van der Waals surface area (Å²) in [6.45, 7) is 3.33. The molecule has 1 aromatic heterocycles. The first-order valence-electron chi connectivity index (χ1n) is 6.07. The summed E-state index contributed by atoms with van der Waals surface area (Å²) in [5.74, 6) is -0.0289. The van der Waals surface area contributed by atoms with Gasteiger partial charge >= 0.3 is 0 Å². The monoisotopic (exact) mass is 303 g/mol. The molecule has 0 aliphatic carbocycles. The molecule has 8 heteroatoms. The molecule has 2 rings (SSSR count). The van der Waals surface area contributed by atoms with Gasteiger partial charge in [0.25, 0.3) is 16.1 Å². The number of nitrogens with zero attached hydrogens (tertiary/aromatic N) is 2. The molecule has 1 amide bonds. The van der Waals surface area contributed by atoms with E-state index in [0.29, 0.717) is 18.0 Å². The molecule has 1 fully saturated rings. The van der Waals surface area contributed by atoms with Crippen molar-refractivity contribution >= 4 is 27.5 Å². The lowest BCUT2D eigenvalue weighted by atomic mass is 10.3.